The van der Waals surface area contributed by atoms with Crippen LogP contribution < -0.4 is 11.1 Å². The maximum atomic E-state index is 13.7. The molecule has 2 fully saturated rings. The second-order valence-electron chi connectivity index (χ2n) is 9.94. The summed E-state index contributed by atoms with van der Waals surface area (Å²) in [6.07, 6.45) is 5.36. The van der Waals surface area contributed by atoms with Crippen molar-refractivity contribution in [2.45, 2.75) is 82.9 Å². The van der Waals surface area contributed by atoms with E-state index in [9.17, 15) is 13.6 Å². The van der Waals surface area contributed by atoms with Crippen molar-refractivity contribution in [2.24, 2.45) is 17.6 Å². The summed E-state index contributed by atoms with van der Waals surface area (Å²) in [6, 6.07) is 1.32. The monoisotopic (exact) mass is 435 g/mol. The molecule has 0 bridgehead atoms. The second kappa shape index (κ2) is 8.00. The Hall–Kier alpha value is -2.29. The summed E-state index contributed by atoms with van der Waals surface area (Å²) in [5.41, 5.74) is 7.79. The summed E-state index contributed by atoms with van der Waals surface area (Å²) in [6.45, 7) is 5.34. The van der Waals surface area contributed by atoms with Gasteiger partial charge in [0.1, 0.15) is 5.60 Å². The lowest BCUT2D eigenvalue weighted by Gasteiger charge is -2.33. The largest absolute Gasteiger partial charge is 0.444 e. The number of amides is 1. The Bertz CT molecular complexity index is 941. The fourth-order valence-corrected chi connectivity index (χ4v) is 4.23. The van der Waals surface area contributed by atoms with E-state index >= 15 is 0 Å². The minimum absolute atomic E-state index is 0.0612. The lowest BCUT2D eigenvalue weighted by Crippen LogP contribution is -2.40. The Morgan fingerprint density at radius 1 is 1.26 bits per heavy atom. The number of aromatic nitrogens is 3. The van der Waals surface area contributed by atoms with Crippen molar-refractivity contribution in [3.05, 3.63) is 29.7 Å². The highest BCUT2D eigenvalue weighted by molar-refractivity contribution is 5.68. The predicted molar refractivity (Wildman–Crippen MR) is 112 cm³/mol. The highest BCUT2D eigenvalue weighted by Gasteiger charge is 2.40. The molecule has 1 unspecified atom stereocenters. The van der Waals surface area contributed by atoms with Crippen molar-refractivity contribution in [3.63, 3.8) is 0 Å². The van der Waals surface area contributed by atoms with Crippen molar-refractivity contribution in [1.82, 2.24) is 19.9 Å². The smallest absolute Gasteiger partial charge is 0.408 e. The Balaban J connectivity index is 1.60. The number of alkyl halides is 2. The van der Waals surface area contributed by atoms with Crippen LogP contribution in [0.5, 0.6) is 0 Å². The van der Waals surface area contributed by atoms with Crippen LogP contribution in [0.25, 0.3) is 5.65 Å². The zero-order chi connectivity index (χ0) is 22.4. The highest BCUT2D eigenvalue weighted by Crippen LogP contribution is 2.42. The molecule has 0 saturated heterocycles. The number of alkyl carbamates (subject to hydrolysis) is 1. The third-order valence-corrected chi connectivity index (χ3v) is 6.10. The van der Waals surface area contributed by atoms with Gasteiger partial charge in [-0.3, -0.25) is 0 Å². The number of nitrogens with zero attached hydrogens (tertiary/aromatic N) is 3. The number of ether oxygens (including phenoxy) is 1. The molecule has 0 aromatic carbocycles. The maximum Gasteiger partial charge on any atom is 0.408 e. The van der Waals surface area contributed by atoms with E-state index in [0.29, 0.717) is 30.1 Å². The molecule has 2 aromatic heterocycles. The Morgan fingerprint density at radius 3 is 2.55 bits per heavy atom. The average molecular weight is 436 g/mol. The number of fused-ring (bicyclic) bond motifs is 1. The van der Waals surface area contributed by atoms with Gasteiger partial charge >= 0.3 is 6.09 Å². The predicted octanol–water partition coefficient (Wildman–Crippen LogP) is 4.53. The summed E-state index contributed by atoms with van der Waals surface area (Å²) < 4.78 is 34.5. The van der Waals surface area contributed by atoms with Crippen LogP contribution in [-0.2, 0) is 4.74 Å². The summed E-state index contributed by atoms with van der Waals surface area (Å²) in [7, 11) is 0. The molecular weight excluding hydrogens is 404 g/mol. The summed E-state index contributed by atoms with van der Waals surface area (Å²) >= 11 is 0. The molecule has 31 heavy (non-hydrogen) atoms. The van der Waals surface area contributed by atoms with E-state index in [1.807, 2.05) is 6.07 Å². The molecule has 7 nitrogen and oxygen atoms in total. The van der Waals surface area contributed by atoms with E-state index in [0.717, 1.165) is 18.4 Å². The van der Waals surface area contributed by atoms with E-state index in [4.69, 9.17) is 10.5 Å². The number of nitrogens with two attached hydrogens (primary N) is 1. The number of carbonyl (C=O) groups is 1. The molecule has 2 saturated carbocycles. The molecule has 2 atom stereocenters. The molecular formula is C22H31F2N5O2. The molecule has 0 aliphatic heterocycles. The fraction of sp³-hybridized carbons (Fsp3) is 0.682. The first kappa shape index (κ1) is 21.9. The topological polar surface area (TPSA) is 94.5 Å². The number of halogens is 2. The quantitative estimate of drug-likeness (QED) is 0.720. The van der Waals surface area contributed by atoms with Gasteiger partial charge in [0, 0.05) is 18.9 Å². The number of imidazole rings is 1. The standard InChI is InChI=1S/C22H31F2N5O2/c1-21(2,3)31-20(30)28-19(14-6-8-22(23,24)9-7-14)16-12-29-17(27-16)10-15(11-26-29)18(25)13-4-5-13/h10-14,18-19H,4-9,25H2,1-3H3,(H,28,30)/t18?,19-/m0/s1. The number of hydrogen-bond acceptors (Lipinski definition) is 5. The van der Waals surface area contributed by atoms with Crippen molar-refractivity contribution in [3.8, 4) is 0 Å². The third-order valence-electron chi connectivity index (χ3n) is 6.10. The molecule has 2 aromatic rings. The van der Waals surface area contributed by atoms with Crippen LogP contribution in [-0.4, -0.2) is 32.2 Å². The van der Waals surface area contributed by atoms with Gasteiger partial charge in [0.15, 0.2) is 5.65 Å². The molecule has 0 spiro atoms. The number of nitrogens with one attached hydrogen (secondary N) is 1. The Labute approximate surface area is 180 Å². The first-order chi connectivity index (χ1) is 14.5. The van der Waals surface area contributed by atoms with Crippen LogP contribution in [0.1, 0.15) is 82.6 Å². The van der Waals surface area contributed by atoms with Crippen LogP contribution in [0, 0.1) is 11.8 Å². The number of rotatable bonds is 5. The van der Waals surface area contributed by atoms with Crippen LogP contribution in [0.3, 0.4) is 0 Å². The van der Waals surface area contributed by atoms with E-state index in [-0.39, 0.29) is 24.8 Å². The molecule has 9 heteroatoms. The van der Waals surface area contributed by atoms with Crippen molar-refractivity contribution < 1.29 is 18.3 Å². The maximum absolute atomic E-state index is 13.7. The third kappa shape index (κ3) is 5.31. The zero-order valence-electron chi connectivity index (χ0n) is 18.3. The van der Waals surface area contributed by atoms with Crippen LogP contribution >= 0.6 is 0 Å². The molecule has 2 aliphatic carbocycles. The van der Waals surface area contributed by atoms with Gasteiger partial charge < -0.3 is 15.8 Å². The van der Waals surface area contributed by atoms with Gasteiger partial charge in [-0.15, -0.1) is 0 Å². The molecule has 3 N–H and O–H groups in total. The van der Waals surface area contributed by atoms with Gasteiger partial charge in [0.05, 0.1) is 24.1 Å². The van der Waals surface area contributed by atoms with E-state index < -0.39 is 23.7 Å². The van der Waals surface area contributed by atoms with Crippen LogP contribution in [0.4, 0.5) is 13.6 Å². The van der Waals surface area contributed by atoms with Crippen LogP contribution in [0.15, 0.2) is 18.5 Å². The van der Waals surface area contributed by atoms with Gasteiger partial charge in [0.25, 0.3) is 0 Å². The second-order valence-corrected chi connectivity index (χ2v) is 9.94. The van der Waals surface area contributed by atoms with E-state index in [1.54, 1.807) is 37.7 Å². The molecule has 2 aliphatic rings. The normalized spacial score (nSPS) is 21.6. The molecule has 2 heterocycles. The summed E-state index contributed by atoms with van der Waals surface area (Å²) in [4.78, 5) is 17.2. The fourth-order valence-electron chi connectivity index (χ4n) is 4.23. The van der Waals surface area contributed by atoms with Crippen LogP contribution in [0.2, 0.25) is 0 Å². The van der Waals surface area contributed by atoms with Crippen molar-refractivity contribution in [1.29, 1.82) is 0 Å². The first-order valence-electron chi connectivity index (χ1n) is 11.0. The van der Waals surface area contributed by atoms with Gasteiger partial charge in [-0.05, 0) is 69.9 Å². The van der Waals surface area contributed by atoms with Gasteiger partial charge in [-0.1, -0.05) is 0 Å². The zero-order valence-corrected chi connectivity index (χ0v) is 18.3. The lowest BCUT2D eigenvalue weighted by atomic mass is 9.81. The summed E-state index contributed by atoms with van der Waals surface area (Å²) in [5.74, 6) is -2.32. The molecule has 1 amide bonds. The molecule has 0 radical (unpaired) electrons. The van der Waals surface area contributed by atoms with Gasteiger partial charge in [0.2, 0.25) is 5.92 Å². The first-order valence-corrected chi connectivity index (χ1v) is 11.0. The molecule has 170 valence electrons. The average Bonchev–Trinajstić information content (AvgIpc) is 3.43. The minimum Gasteiger partial charge on any atom is -0.444 e. The Morgan fingerprint density at radius 2 is 1.94 bits per heavy atom. The lowest BCUT2D eigenvalue weighted by molar-refractivity contribution is -0.0500. The number of carbonyl (C=O) groups excluding carboxylic acids is 1. The Kier molecular flexibility index (Phi) is 5.66. The highest BCUT2D eigenvalue weighted by atomic mass is 19.3. The van der Waals surface area contributed by atoms with E-state index in [1.165, 1.54) is 0 Å². The van der Waals surface area contributed by atoms with Crippen molar-refractivity contribution >= 4 is 11.7 Å². The molecule has 4 rings (SSSR count). The number of hydrogen-bond donors (Lipinski definition) is 2. The van der Waals surface area contributed by atoms with E-state index in [2.05, 4.69) is 15.4 Å². The van der Waals surface area contributed by atoms with Gasteiger partial charge in [-0.2, -0.15) is 5.10 Å². The van der Waals surface area contributed by atoms with Crippen molar-refractivity contribution in [2.75, 3.05) is 0 Å². The minimum atomic E-state index is -2.65. The SMILES string of the molecule is CC(C)(C)OC(=O)N[C@H](c1cn2ncc(C(N)C3CC3)cc2n1)C1CCC(F)(F)CC1. The van der Waals surface area contributed by atoms with Gasteiger partial charge in [-0.25, -0.2) is 23.1 Å². The summed E-state index contributed by atoms with van der Waals surface area (Å²) in [5, 5.41) is 7.31.